The summed E-state index contributed by atoms with van der Waals surface area (Å²) in [5.41, 5.74) is 0.727. The highest BCUT2D eigenvalue weighted by Gasteiger charge is 2.14. The number of nitrogens with one attached hydrogen (secondary N) is 1. The Kier molecular flexibility index (Phi) is 4.01. The molecule has 1 aromatic heterocycles. The van der Waals surface area contributed by atoms with Gasteiger partial charge in [-0.1, -0.05) is 0 Å². The number of benzene rings is 1. The van der Waals surface area contributed by atoms with Crippen molar-refractivity contribution in [3.63, 3.8) is 0 Å². The molecule has 0 aliphatic carbocycles. The zero-order chi connectivity index (χ0) is 15.6. The number of rotatable bonds is 3. The van der Waals surface area contributed by atoms with Crippen molar-refractivity contribution in [2.45, 2.75) is 11.8 Å². The summed E-state index contributed by atoms with van der Waals surface area (Å²) < 4.78 is 36.1. The monoisotopic (exact) mass is 309 g/mol. The molecule has 1 heterocycles. The highest BCUT2D eigenvalue weighted by atomic mass is 32.2. The predicted octanol–water partition coefficient (Wildman–Crippen LogP) is 1.43. The predicted molar refractivity (Wildman–Crippen MR) is 74.7 cm³/mol. The number of aryl methyl sites for hydroxylation is 1. The molecular weight excluding hydrogens is 297 g/mol. The van der Waals surface area contributed by atoms with Crippen molar-refractivity contribution in [3.8, 4) is 0 Å². The molecule has 3 N–H and O–H groups in total. The fourth-order valence-corrected chi connectivity index (χ4v) is 2.19. The molecule has 0 spiro atoms. The number of aromatic nitrogens is 1. The van der Waals surface area contributed by atoms with Crippen LogP contribution in [0.2, 0.25) is 0 Å². The van der Waals surface area contributed by atoms with Crippen LogP contribution < -0.4 is 10.5 Å². The summed E-state index contributed by atoms with van der Waals surface area (Å²) in [6.07, 6.45) is 2.89. The molecule has 21 heavy (non-hydrogen) atoms. The van der Waals surface area contributed by atoms with Crippen molar-refractivity contribution in [2.24, 2.45) is 5.14 Å². The minimum atomic E-state index is -3.98. The first kappa shape index (κ1) is 15.1. The van der Waals surface area contributed by atoms with Crippen LogP contribution >= 0.6 is 0 Å². The zero-order valence-electron chi connectivity index (χ0n) is 11.0. The summed E-state index contributed by atoms with van der Waals surface area (Å²) in [6, 6.07) is 4.48. The Morgan fingerprint density at radius 3 is 2.62 bits per heavy atom. The van der Waals surface area contributed by atoms with E-state index in [1.54, 1.807) is 19.2 Å². The summed E-state index contributed by atoms with van der Waals surface area (Å²) >= 11 is 0. The molecule has 8 heteroatoms. The maximum atomic E-state index is 13.6. The Labute approximate surface area is 120 Å². The third-order valence-electron chi connectivity index (χ3n) is 2.65. The Morgan fingerprint density at radius 2 is 2.00 bits per heavy atom. The molecule has 1 aromatic carbocycles. The number of pyridine rings is 1. The molecule has 0 aliphatic heterocycles. The Balaban J connectivity index is 2.33. The summed E-state index contributed by atoms with van der Waals surface area (Å²) in [4.78, 5) is 15.5. The third kappa shape index (κ3) is 3.61. The minimum Gasteiger partial charge on any atom is -0.319 e. The molecule has 6 nitrogen and oxygen atoms in total. The van der Waals surface area contributed by atoms with Gasteiger partial charge in [0.05, 0.1) is 16.1 Å². The van der Waals surface area contributed by atoms with Crippen LogP contribution in [0.1, 0.15) is 15.9 Å². The molecule has 0 radical (unpaired) electrons. The Morgan fingerprint density at radius 1 is 1.29 bits per heavy atom. The molecule has 1 amide bonds. The van der Waals surface area contributed by atoms with Gasteiger partial charge in [-0.15, -0.1) is 0 Å². The quantitative estimate of drug-likeness (QED) is 0.895. The topological polar surface area (TPSA) is 102 Å². The van der Waals surface area contributed by atoms with Gasteiger partial charge in [0.2, 0.25) is 10.0 Å². The van der Waals surface area contributed by atoms with Gasteiger partial charge in [0.1, 0.15) is 5.82 Å². The molecular formula is C13H12FN3O3S. The van der Waals surface area contributed by atoms with Gasteiger partial charge >= 0.3 is 0 Å². The van der Waals surface area contributed by atoms with Gasteiger partial charge in [-0.05, 0) is 36.8 Å². The molecule has 0 fully saturated rings. The van der Waals surface area contributed by atoms with Gasteiger partial charge in [-0.2, -0.15) is 0 Å². The first-order chi connectivity index (χ1) is 9.77. The zero-order valence-corrected chi connectivity index (χ0v) is 11.8. The minimum absolute atomic E-state index is 0.232. The number of anilines is 1. The van der Waals surface area contributed by atoms with Gasteiger partial charge in [0.15, 0.2) is 0 Å². The maximum absolute atomic E-state index is 13.6. The number of nitrogens with zero attached hydrogens (tertiary/aromatic N) is 1. The van der Waals surface area contributed by atoms with Crippen LogP contribution in [0.15, 0.2) is 41.6 Å². The molecule has 2 rings (SSSR count). The number of carbonyl (C=O) groups is 1. The number of hydrogen-bond donors (Lipinski definition) is 2. The average Bonchev–Trinajstić information content (AvgIpc) is 2.40. The highest BCUT2D eigenvalue weighted by Crippen LogP contribution is 2.19. The number of nitrogens with two attached hydrogens (primary N) is 1. The van der Waals surface area contributed by atoms with E-state index in [4.69, 9.17) is 5.14 Å². The van der Waals surface area contributed by atoms with Crippen LogP contribution in [0, 0.1) is 12.7 Å². The Bertz CT molecular complexity index is 806. The van der Waals surface area contributed by atoms with Crippen molar-refractivity contribution < 1.29 is 17.6 Å². The van der Waals surface area contributed by atoms with Gasteiger partial charge in [0, 0.05) is 12.4 Å². The summed E-state index contributed by atoms with van der Waals surface area (Å²) in [5.74, 6) is -1.37. The lowest BCUT2D eigenvalue weighted by Gasteiger charge is -2.08. The molecule has 110 valence electrons. The Hall–Kier alpha value is -2.32. The van der Waals surface area contributed by atoms with E-state index in [0.717, 1.165) is 23.8 Å². The number of carbonyl (C=O) groups excluding carboxylic acids is 1. The van der Waals surface area contributed by atoms with E-state index in [1.165, 1.54) is 6.20 Å². The maximum Gasteiger partial charge on any atom is 0.257 e. The van der Waals surface area contributed by atoms with Crippen LogP contribution in [-0.2, 0) is 10.0 Å². The molecule has 0 unspecified atom stereocenters. The van der Waals surface area contributed by atoms with E-state index < -0.39 is 21.7 Å². The highest BCUT2D eigenvalue weighted by molar-refractivity contribution is 7.89. The lowest BCUT2D eigenvalue weighted by molar-refractivity contribution is 0.102. The van der Waals surface area contributed by atoms with Crippen molar-refractivity contribution in [1.82, 2.24) is 4.98 Å². The van der Waals surface area contributed by atoms with Gasteiger partial charge in [-0.25, -0.2) is 17.9 Å². The largest absolute Gasteiger partial charge is 0.319 e. The van der Waals surface area contributed by atoms with E-state index in [0.29, 0.717) is 0 Å². The molecule has 0 atom stereocenters. The standard InChI is InChI=1S/C13H12FN3O3S/c1-8-4-9(7-16-6-8)13(18)17-12-5-10(21(15,19)20)2-3-11(12)14/h2-7H,1H3,(H,17,18)(H2,15,19,20). The number of halogens is 1. The van der Waals surface area contributed by atoms with E-state index in [1.807, 2.05) is 0 Å². The van der Waals surface area contributed by atoms with E-state index in [-0.39, 0.29) is 16.1 Å². The second-order valence-electron chi connectivity index (χ2n) is 4.39. The molecule has 0 bridgehead atoms. The van der Waals surface area contributed by atoms with Crippen LogP contribution in [0.5, 0.6) is 0 Å². The normalized spacial score (nSPS) is 11.2. The second kappa shape index (κ2) is 5.58. The molecule has 0 saturated heterocycles. The van der Waals surface area contributed by atoms with Crippen molar-refractivity contribution in [2.75, 3.05) is 5.32 Å². The van der Waals surface area contributed by atoms with Crippen LogP contribution in [-0.4, -0.2) is 19.3 Å². The second-order valence-corrected chi connectivity index (χ2v) is 5.95. The van der Waals surface area contributed by atoms with E-state index >= 15 is 0 Å². The van der Waals surface area contributed by atoms with Crippen LogP contribution in [0.3, 0.4) is 0 Å². The van der Waals surface area contributed by atoms with Gasteiger partial charge in [-0.3, -0.25) is 9.78 Å². The lowest BCUT2D eigenvalue weighted by atomic mass is 10.2. The summed E-state index contributed by atoms with van der Waals surface area (Å²) in [7, 11) is -3.98. The van der Waals surface area contributed by atoms with Crippen molar-refractivity contribution >= 4 is 21.6 Å². The van der Waals surface area contributed by atoms with E-state index in [2.05, 4.69) is 10.3 Å². The van der Waals surface area contributed by atoms with Gasteiger partial charge < -0.3 is 5.32 Å². The van der Waals surface area contributed by atoms with Gasteiger partial charge in [0.25, 0.3) is 5.91 Å². The number of amides is 1. The number of hydrogen-bond acceptors (Lipinski definition) is 4. The average molecular weight is 309 g/mol. The lowest BCUT2D eigenvalue weighted by Crippen LogP contribution is -2.16. The number of sulfonamides is 1. The van der Waals surface area contributed by atoms with Crippen molar-refractivity contribution in [1.29, 1.82) is 0 Å². The number of primary sulfonamides is 1. The smallest absolute Gasteiger partial charge is 0.257 e. The molecule has 0 aliphatic rings. The summed E-state index contributed by atoms with van der Waals surface area (Å²) in [6.45, 7) is 1.76. The van der Waals surface area contributed by atoms with Crippen molar-refractivity contribution in [3.05, 3.63) is 53.6 Å². The van der Waals surface area contributed by atoms with E-state index in [9.17, 15) is 17.6 Å². The fourth-order valence-electron chi connectivity index (χ4n) is 1.65. The first-order valence-electron chi connectivity index (χ1n) is 5.83. The van der Waals surface area contributed by atoms with Crippen LogP contribution in [0.4, 0.5) is 10.1 Å². The fraction of sp³-hybridized carbons (Fsp3) is 0.0769. The first-order valence-corrected chi connectivity index (χ1v) is 7.37. The van der Waals surface area contributed by atoms with Crippen LogP contribution in [0.25, 0.3) is 0 Å². The molecule has 0 saturated carbocycles. The SMILES string of the molecule is Cc1cncc(C(=O)Nc2cc(S(N)(=O)=O)ccc2F)c1. The summed E-state index contributed by atoms with van der Waals surface area (Å²) in [5, 5.41) is 7.26. The third-order valence-corrected chi connectivity index (χ3v) is 3.56. The molecule has 2 aromatic rings.